The Kier molecular flexibility index (Phi) is 2.59. The van der Waals surface area contributed by atoms with Crippen LogP contribution in [0.15, 0.2) is 40.0 Å². The van der Waals surface area contributed by atoms with E-state index in [9.17, 15) is 10.2 Å². The molecule has 0 aliphatic carbocycles. The topological polar surface area (TPSA) is 78.1 Å². The van der Waals surface area contributed by atoms with Crippen molar-refractivity contribution in [2.24, 2.45) is 10.2 Å². The summed E-state index contributed by atoms with van der Waals surface area (Å²) in [6.07, 6.45) is 1.60. The van der Waals surface area contributed by atoms with Crippen LogP contribution in [0.4, 0.5) is 10.8 Å². The average molecular weight is 221 g/mol. The zero-order valence-electron chi connectivity index (χ0n) is 7.53. The number of thiazole rings is 1. The Hall–Kier alpha value is -1.95. The molecule has 2 rings (SSSR count). The summed E-state index contributed by atoms with van der Waals surface area (Å²) in [7, 11) is 0. The van der Waals surface area contributed by atoms with Gasteiger partial charge in [-0.1, -0.05) is 6.07 Å². The average Bonchev–Trinajstić information content (AvgIpc) is 2.70. The van der Waals surface area contributed by atoms with Crippen LogP contribution in [0.2, 0.25) is 0 Å². The highest BCUT2D eigenvalue weighted by atomic mass is 32.1. The normalized spacial score (nSPS) is 10.9. The summed E-state index contributed by atoms with van der Waals surface area (Å²) < 4.78 is 0. The van der Waals surface area contributed by atoms with Crippen LogP contribution in [-0.2, 0) is 0 Å². The van der Waals surface area contributed by atoms with Crippen molar-refractivity contribution in [2.75, 3.05) is 0 Å². The van der Waals surface area contributed by atoms with Crippen LogP contribution in [-0.4, -0.2) is 15.2 Å². The van der Waals surface area contributed by atoms with Crippen LogP contribution in [0.3, 0.4) is 0 Å². The summed E-state index contributed by atoms with van der Waals surface area (Å²) in [4.78, 5) is 3.89. The van der Waals surface area contributed by atoms with Crippen molar-refractivity contribution in [3.05, 3.63) is 29.8 Å². The summed E-state index contributed by atoms with van der Waals surface area (Å²) in [5, 5.41) is 28.5. The van der Waals surface area contributed by atoms with E-state index in [0.717, 1.165) is 0 Å². The molecule has 0 fully saturated rings. The smallest absolute Gasteiger partial charge is 0.229 e. The van der Waals surface area contributed by atoms with Gasteiger partial charge < -0.3 is 10.2 Å². The third kappa shape index (κ3) is 2.10. The number of hydrogen-bond donors (Lipinski definition) is 2. The zero-order chi connectivity index (χ0) is 10.7. The molecule has 76 valence electrons. The van der Waals surface area contributed by atoms with Crippen LogP contribution >= 0.6 is 11.3 Å². The van der Waals surface area contributed by atoms with E-state index < -0.39 is 0 Å². The number of rotatable bonds is 2. The van der Waals surface area contributed by atoms with E-state index in [2.05, 4.69) is 15.2 Å². The molecular weight excluding hydrogens is 214 g/mol. The Balaban J connectivity index is 2.32. The summed E-state index contributed by atoms with van der Waals surface area (Å²) in [5.41, 5.74) is 0.0488. The minimum Gasteiger partial charge on any atom is -0.505 e. The van der Waals surface area contributed by atoms with Crippen molar-refractivity contribution in [3.63, 3.8) is 0 Å². The molecule has 1 aromatic carbocycles. The maximum Gasteiger partial charge on any atom is 0.229 e. The van der Waals surface area contributed by atoms with Crippen LogP contribution in [0.5, 0.6) is 11.5 Å². The van der Waals surface area contributed by atoms with E-state index in [4.69, 9.17) is 0 Å². The number of azo groups is 1. The molecule has 2 aromatic rings. The quantitative estimate of drug-likeness (QED) is 0.765. The first-order valence-electron chi connectivity index (χ1n) is 4.09. The number of aromatic hydroxyl groups is 2. The molecule has 0 atom stereocenters. The van der Waals surface area contributed by atoms with E-state index in [1.165, 1.54) is 29.5 Å². The maximum absolute atomic E-state index is 9.39. The Labute approximate surface area is 89.4 Å². The fraction of sp³-hybridized carbons (Fsp3) is 0. The summed E-state index contributed by atoms with van der Waals surface area (Å²) >= 11 is 1.32. The molecule has 0 bridgehead atoms. The molecule has 0 spiro atoms. The largest absolute Gasteiger partial charge is 0.505 e. The molecule has 1 aromatic heterocycles. The SMILES string of the molecule is Oc1cccc(O)c1N=Nc1nccs1. The van der Waals surface area contributed by atoms with E-state index >= 15 is 0 Å². The standard InChI is InChI=1S/C9H7N3O2S/c13-6-2-1-3-7(14)8(6)11-12-9-10-4-5-15-9/h1-5,13-14H. The van der Waals surface area contributed by atoms with Gasteiger partial charge in [-0.05, 0) is 12.1 Å². The van der Waals surface area contributed by atoms with Crippen molar-refractivity contribution in [3.8, 4) is 11.5 Å². The fourth-order valence-electron chi connectivity index (χ4n) is 0.980. The van der Waals surface area contributed by atoms with Crippen molar-refractivity contribution < 1.29 is 10.2 Å². The van der Waals surface area contributed by atoms with E-state index in [1.54, 1.807) is 11.6 Å². The second kappa shape index (κ2) is 4.05. The predicted molar refractivity (Wildman–Crippen MR) is 56.1 cm³/mol. The third-order valence-corrected chi connectivity index (χ3v) is 2.30. The highest BCUT2D eigenvalue weighted by Crippen LogP contribution is 2.36. The van der Waals surface area contributed by atoms with E-state index in [-0.39, 0.29) is 17.2 Å². The minimum atomic E-state index is -0.115. The Morgan fingerprint density at radius 1 is 1.13 bits per heavy atom. The predicted octanol–water partition coefficient (Wildman–Crippen LogP) is 2.97. The van der Waals surface area contributed by atoms with Gasteiger partial charge in [0.05, 0.1) is 0 Å². The number of phenolic OH excluding ortho intramolecular Hbond substituents is 2. The molecule has 1 heterocycles. The molecule has 0 aliphatic rings. The molecule has 0 amide bonds. The molecular formula is C9H7N3O2S. The van der Waals surface area contributed by atoms with Crippen molar-refractivity contribution >= 4 is 22.2 Å². The molecule has 0 radical (unpaired) electrons. The van der Waals surface area contributed by atoms with Crippen molar-refractivity contribution in [1.29, 1.82) is 0 Å². The van der Waals surface area contributed by atoms with Gasteiger partial charge in [-0.15, -0.1) is 21.6 Å². The highest BCUT2D eigenvalue weighted by molar-refractivity contribution is 7.13. The first kappa shape index (κ1) is 9.60. The first-order valence-corrected chi connectivity index (χ1v) is 4.97. The number of hydrogen-bond acceptors (Lipinski definition) is 6. The number of benzene rings is 1. The van der Waals surface area contributed by atoms with Gasteiger partial charge in [-0.2, -0.15) is 0 Å². The van der Waals surface area contributed by atoms with Crippen LogP contribution in [0.1, 0.15) is 0 Å². The van der Waals surface area contributed by atoms with Gasteiger partial charge in [-0.25, -0.2) is 4.98 Å². The zero-order valence-corrected chi connectivity index (χ0v) is 8.35. The van der Waals surface area contributed by atoms with Gasteiger partial charge in [0, 0.05) is 11.6 Å². The minimum absolute atomic E-state index is 0.0488. The lowest BCUT2D eigenvalue weighted by Crippen LogP contribution is -1.69. The van der Waals surface area contributed by atoms with Gasteiger partial charge >= 0.3 is 0 Å². The molecule has 2 N–H and O–H groups in total. The van der Waals surface area contributed by atoms with Crippen molar-refractivity contribution in [2.45, 2.75) is 0 Å². The van der Waals surface area contributed by atoms with Gasteiger partial charge in [0.1, 0.15) is 11.5 Å². The van der Waals surface area contributed by atoms with Gasteiger partial charge in [0.25, 0.3) is 0 Å². The lowest BCUT2D eigenvalue weighted by Gasteiger charge is -1.98. The van der Waals surface area contributed by atoms with Crippen LogP contribution < -0.4 is 0 Å². The Bertz CT molecular complexity index is 462. The van der Waals surface area contributed by atoms with Gasteiger partial charge in [0.2, 0.25) is 5.13 Å². The van der Waals surface area contributed by atoms with Crippen LogP contribution in [0.25, 0.3) is 0 Å². The maximum atomic E-state index is 9.39. The molecule has 0 saturated heterocycles. The Morgan fingerprint density at radius 2 is 1.87 bits per heavy atom. The van der Waals surface area contributed by atoms with E-state index in [1.807, 2.05) is 0 Å². The van der Waals surface area contributed by atoms with Crippen molar-refractivity contribution in [1.82, 2.24) is 4.98 Å². The third-order valence-electron chi connectivity index (χ3n) is 1.65. The van der Waals surface area contributed by atoms with Gasteiger partial charge in [0.15, 0.2) is 5.69 Å². The number of phenols is 2. The summed E-state index contributed by atoms with van der Waals surface area (Å²) in [6.45, 7) is 0. The number of aromatic nitrogens is 1. The second-order valence-electron chi connectivity index (χ2n) is 2.66. The summed E-state index contributed by atoms with van der Waals surface area (Å²) in [5.74, 6) is -0.231. The molecule has 0 unspecified atom stereocenters. The first-order chi connectivity index (χ1) is 7.27. The molecule has 5 nitrogen and oxygen atoms in total. The van der Waals surface area contributed by atoms with E-state index in [0.29, 0.717) is 5.13 Å². The fourth-order valence-corrected chi connectivity index (χ4v) is 1.43. The molecule has 0 saturated carbocycles. The Morgan fingerprint density at radius 3 is 2.47 bits per heavy atom. The lowest BCUT2D eigenvalue weighted by molar-refractivity contribution is 0.452. The van der Waals surface area contributed by atoms with Gasteiger partial charge in [-0.3, -0.25) is 0 Å². The monoisotopic (exact) mass is 221 g/mol. The second-order valence-corrected chi connectivity index (χ2v) is 3.53. The lowest BCUT2D eigenvalue weighted by atomic mass is 10.3. The molecule has 0 aliphatic heterocycles. The van der Waals surface area contributed by atoms with Crippen LogP contribution in [0, 0.1) is 0 Å². The number of nitrogens with zero attached hydrogens (tertiary/aromatic N) is 3. The molecule has 15 heavy (non-hydrogen) atoms. The summed E-state index contributed by atoms with van der Waals surface area (Å²) in [6, 6.07) is 4.37. The highest BCUT2D eigenvalue weighted by Gasteiger charge is 2.05. The molecule has 6 heteroatoms.